The Hall–Kier alpha value is -0.420. The van der Waals surface area contributed by atoms with Gasteiger partial charge in [-0.1, -0.05) is 13.3 Å². The molecule has 2 aliphatic heterocycles. The van der Waals surface area contributed by atoms with Crippen molar-refractivity contribution >= 4 is 17.7 Å². The van der Waals surface area contributed by atoms with E-state index in [1.807, 2.05) is 11.9 Å². The van der Waals surface area contributed by atoms with E-state index in [4.69, 9.17) is 4.74 Å². The van der Waals surface area contributed by atoms with Crippen molar-refractivity contribution < 1.29 is 30.0 Å². The van der Waals surface area contributed by atoms with Crippen molar-refractivity contribution in [2.24, 2.45) is 5.92 Å². The van der Waals surface area contributed by atoms with Crippen LogP contribution < -0.4 is 5.32 Å². The van der Waals surface area contributed by atoms with Gasteiger partial charge in [0.05, 0.1) is 18.2 Å². The molecule has 2 rings (SSSR count). The lowest BCUT2D eigenvalue weighted by Gasteiger charge is -2.44. The summed E-state index contributed by atoms with van der Waals surface area (Å²) in [4.78, 5) is 14.9. The average Bonchev–Trinajstić information content (AvgIpc) is 2.99. The van der Waals surface area contributed by atoms with Gasteiger partial charge in [-0.3, -0.25) is 9.69 Å². The van der Waals surface area contributed by atoms with E-state index in [-0.39, 0.29) is 11.9 Å². The van der Waals surface area contributed by atoms with Gasteiger partial charge in [-0.25, -0.2) is 0 Å². The summed E-state index contributed by atoms with van der Waals surface area (Å²) in [5.74, 6) is 0.245. The van der Waals surface area contributed by atoms with Crippen LogP contribution >= 0.6 is 11.8 Å². The van der Waals surface area contributed by atoms with Gasteiger partial charge in [0.25, 0.3) is 0 Å². The Balaban J connectivity index is 2.09. The van der Waals surface area contributed by atoms with E-state index in [2.05, 4.69) is 12.2 Å². The Kier molecular flexibility index (Phi) is 8.35. The molecule has 5 N–H and O–H groups in total. The fourth-order valence-corrected chi connectivity index (χ4v) is 4.81. The van der Waals surface area contributed by atoms with Crippen LogP contribution in [0.25, 0.3) is 0 Å². The number of ether oxygens (including phenoxy) is 1. The fraction of sp³-hybridized carbons (Fsp3) is 0.944. The molecule has 158 valence electrons. The number of carbonyl (C=O) groups excluding carboxylic acids is 1. The Labute approximate surface area is 165 Å². The fourth-order valence-electron chi connectivity index (χ4n) is 4.13. The summed E-state index contributed by atoms with van der Waals surface area (Å²) in [6.45, 7) is 4.48. The summed E-state index contributed by atoms with van der Waals surface area (Å²) in [7, 11) is 1.91. The number of hydrogen-bond donors (Lipinski definition) is 5. The van der Waals surface area contributed by atoms with Crippen LogP contribution in [0, 0.1) is 5.92 Å². The van der Waals surface area contributed by atoms with Crippen LogP contribution in [0.5, 0.6) is 0 Å². The highest BCUT2D eigenvalue weighted by atomic mass is 32.2. The zero-order valence-electron chi connectivity index (χ0n) is 16.5. The maximum absolute atomic E-state index is 12.8. The third-order valence-corrected chi connectivity index (χ3v) is 6.51. The average molecular weight is 407 g/mol. The summed E-state index contributed by atoms with van der Waals surface area (Å²) < 4.78 is 5.72. The number of likely N-dealkylation sites (N-methyl/N-ethyl adjacent to an activating group) is 1. The number of rotatable bonds is 7. The number of hydrogen-bond acceptors (Lipinski definition) is 8. The molecular weight excluding hydrogens is 372 g/mol. The number of carbonyl (C=O) groups is 1. The third kappa shape index (κ3) is 5.14. The first kappa shape index (κ1) is 22.9. The molecule has 2 saturated heterocycles. The van der Waals surface area contributed by atoms with Crippen molar-refractivity contribution in [3.8, 4) is 0 Å². The number of likely N-dealkylation sites (tertiary alicyclic amines) is 1. The molecule has 0 aliphatic carbocycles. The van der Waals surface area contributed by atoms with E-state index in [1.54, 1.807) is 6.26 Å². The van der Waals surface area contributed by atoms with Crippen molar-refractivity contribution in [3.63, 3.8) is 0 Å². The minimum atomic E-state index is -1.42. The van der Waals surface area contributed by atoms with Gasteiger partial charge in [-0.05, 0) is 39.0 Å². The van der Waals surface area contributed by atoms with Gasteiger partial charge in [0, 0.05) is 6.54 Å². The monoisotopic (exact) mass is 406 g/mol. The molecule has 9 heteroatoms. The zero-order valence-corrected chi connectivity index (χ0v) is 17.3. The van der Waals surface area contributed by atoms with Crippen LogP contribution in [0.4, 0.5) is 0 Å². The lowest BCUT2D eigenvalue weighted by atomic mass is 9.92. The summed E-state index contributed by atoms with van der Waals surface area (Å²) in [5, 5.41) is 43.5. The van der Waals surface area contributed by atoms with Gasteiger partial charge in [-0.2, -0.15) is 0 Å². The Morgan fingerprint density at radius 2 is 1.96 bits per heavy atom. The standard InChI is InChI=1S/C18H34N2O6S/c1-5-6-10-7-11(20(3)8-10)17(25)19-12(9(2)21)16-14(23)13(22)15(24)18(26-16)27-4/h9-16,18,21-24H,5-8H2,1-4H3,(H,19,25)/t9-,10-,11+,12-,13?,14?,15?,16?,18?/m1/s1. The van der Waals surface area contributed by atoms with E-state index in [1.165, 1.54) is 18.7 Å². The molecule has 2 heterocycles. The Morgan fingerprint density at radius 1 is 1.30 bits per heavy atom. The molecule has 0 aromatic heterocycles. The van der Waals surface area contributed by atoms with E-state index < -0.39 is 42.0 Å². The Bertz CT molecular complexity index is 494. The van der Waals surface area contributed by atoms with E-state index >= 15 is 0 Å². The second-order valence-electron chi connectivity index (χ2n) is 7.80. The molecule has 9 atom stereocenters. The lowest BCUT2D eigenvalue weighted by Crippen LogP contribution is -2.65. The molecule has 27 heavy (non-hydrogen) atoms. The minimum Gasteiger partial charge on any atom is -0.391 e. The largest absolute Gasteiger partial charge is 0.391 e. The number of aliphatic hydroxyl groups is 4. The highest BCUT2D eigenvalue weighted by Crippen LogP contribution is 2.30. The molecule has 8 nitrogen and oxygen atoms in total. The summed E-state index contributed by atoms with van der Waals surface area (Å²) in [6.07, 6.45) is -1.50. The summed E-state index contributed by atoms with van der Waals surface area (Å²) in [5.41, 5.74) is -0.755. The summed E-state index contributed by atoms with van der Waals surface area (Å²) in [6, 6.07) is -1.20. The Morgan fingerprint density at radius 3 is 2.52 bits per heavy atom. The summed E-state index contributed by atoms with van der Waals surface area (Å²) >= 11 is 1.20. The van der Waals surface area contributed by atoms with Crippen molar-refractivity contribution in [3.05, 3.63) is 0 Å². The number of nitrogens with one attached hydrogen (secondary N) is 1. The maximum Gasteiger partial charge on any atom is 0.237 e. The molecule has 0 spiro atoms. The molecule has 0 bridgehead atoms. The molecule has 5 unspecified atom stereocenters. The first-order chi connectivity index (χ1) is 12.7. The van der Waals surface area contributed by atoms with Crippen LogP contribution in [0.1, 0.15) is 33.1 Å². The van der Waals surface area contributed by atoms with Crippen LogP contribution in [0.2, 0.25) is 0 Å². The van der Waals surface area contributed by atoms with E-state index in [0.29, 0.717) is 5.92 Å². The first-order valence-electron chi connectivity index (χ1n) is 9.62. The topological polar surface area (TPSA) is 122 Å². The maximum atomic E-state index is 12.8. The number of aliphatic hydroxyl groups excluding tert-OH is 4. The normalized spacial score (nSPS) is 39.9. The molecule has 1 amide bonds. The van der Waals surface area contributed by atoms with Gasteiger partial charge in [0.15, 0.2) is 0 Å². The van der Waals surface area contributed by atoms with Crippen molar-refractivity contribution in [2.75, 3.05) is 19.8 Å². The first-order valence-corrected chi connectivity index (χ1v) is 10.9. The molecule has 2 fully saturated rings. The predicted octanol–water partition coefficient (Wildman–Crippen LogP) is -0.857. The van der Waals surface area contributed by atoms with Crippen LogP contribution in [0.15, 0.2) is 0 Å². The predicted molar refractivity (Wildman–Crippen MR) is 103 cm³/mol. The van der Waals surface area contributed by atoms with Gasteiger partial charge < -0.3 is 30.5 Å². The second-order valence-corrected chi connectivity index (χ2v) is 8.73. The molecule has 0 aromatic rings. The van der Waals surface area contributed by atoms with Gasteiger partial charge >= 0.3 is 0 Å². The number of nitrogens with zero attached hydrogens (tertiary/aromatic N) is 1. The SMILES string of the molecule is CCC[C@@H]1C[C@@H](C(=O)N[C@@H](C2OC(SC)C(O)C(O)C2O)[C@@H](C)O)N(C)C1. The molecule has 0 saturated carbocycles. The van der Waals surface area contributed by atoms with Gasteiger partial charge in [0.2, 0.25) is 5.91 Å². The van der Waals surface area contributed by atoms with Gasteiger partial charge in [0.1, 0.15) is 29.9 Å². The number of amides is 1. The zero-order chi connectivity index (χ0) is 20.3. The molecule has 0 radical (unpaired) electrons. The van der Waals surface area contributed by atoms with Crippen LogP contribution in [0.3, 0.4) is 0 Å². The smallest absolute Gasteiger partial charge is 0.237 e. The highest BCUT2D eigenvalue weighted by Gasteiger charge is 2.48. The third-order valence-electron chi connectivity index (χ3n) is 5.66. The highest BCUT2D eigenvalue weighted by molar-refractivity contribution is 7.99. The van der Waals surface area contributed by atoms with Crippen molar-refractivity contribution in [1.29, 1.82) is 0 Å². The molecule has 2 aliphatic rings. The van der Waals surface area contributed by atoms with Crippen LogP contribution in [-0.2, 0) is 9.53 Å². The van der Waals surface area contributed by atoms with Gasteiger partial charge in [-0.15, -0.1) is 11.8 Å². The van der Waals surface area contributed by atoms with Crippen molar-refractivity contribution in [1.82, 2.24) is 10.2 Å². The van der Waals surface area contributed by atoms with E-state index in [0.717, 1.165) is 25.8 Å². The minimum absolute atomic E-state index is 0.223. The molecule has 0 aromatic carbocycles. The molecular formula is C18H34N2O6S. The number of thioether (sulfide) groups is 1. The second kappa shape index (κ2) is 9.87. The quantitative estimate of drug-likeness (QED) is 0.370. The van der Waals surface area contributed by atoms with E-state index in [9.17, 15) is 25.2 Å². The van der Waals surface area contributed by atoms with Crippen molar-refractivity contribution in [2.45, 2.75) is 81.1 Å². The van der Waals surface area contributed by atoms with Crippen LogP contribution in [-0.4, -0.2) is 99.1 Å². The lowest BCUT2D eigenvalue weighted by molar-refractivity contribution is -0.211.